The van der Waals surface area contributed by atoms with Gasteiger partial charge in [-0.3, -0.25) is 9.59 Å². The first-order chi connectivity index (χ1) is 14.9. The van der Waals surface area contributed by atoms with E-state index in [1.807, 2.05) is 42.5 Å². The number of nitrogens with zero attached hydrogens (tertiary/aromatic N) is 1. The van der Waals surface area contributed by atoms with Crippen LogP contribution in [0.5, 0.6) is 0 Å². The Hall–Kier alpha value is -3.08. The minimum absolute atomic E-state index is 0.301. The number of amides is 2. The summed E-state index contributed by atoms with van der Waals surface area (Å²) in [4.78, 5) is 27.1. The summed E-state index contributed by atoms with van der Waals surface area (Å²) in [5.74, 6) is -0.920. The molecule has 0 aliphatic carbocycles. The van der Waals surface area contributed by atoms with E-state index in [4.69, 9.17) is 28.9 Å². The Morgan fingerprint density at radius 1 is 0.871 bits per heavy atom. The molecule has 0 heterocycles. The summed E-state index contributed by atoms with van der Waals surface area (Å²) in [5.41, 5.74) is 8.22. The van der Waals surface area contributed by atoms with Gasteiger partial charge in [-0.25, -0.2) is 0 Å². The van der Waals surface area contributed by atoms with Gasteiger partial charge in [0.15, 0.2) is 0 Å². The standard InChI is InChI=1S/C25H22Cl2N2O2/c26-21-11-6-19(7-12-21)16-17-29(23(30)15-8-18-4-2-1-3-5-18)24(25(28)31)20-9-13-22(27)14-10-20/h1-15,24H,16-17H2,(H2,28,31)/t24-/m0/s1. The van der Waals surface area contributed by atoms with Gasteiger partial charge < -0.3 is 10.6 Å². The number of benzene rings is 3. The molecule has 0 bridgehead atoms. The summed E-state index contributed by atoms with van der Waals surface area (Å²) in [6.07, 6.45) is 3.72. The molecule has 0 fully saturated rings. The van der Waals surface area contributed by atoms with Crippen LogP contribution in [0, 0.1) is 0 Å². The molecular weight excluding hydrogens is 431 g/mol. The lowest BCUT2D eigenvalue weighted by atomic mass is 10.0. The average Bonchev–Trinajstić information content (AvgIpc) is 2.77. The first-order valence-corrected chi connectivity index (χ1v) is 10.5. The molecule has 0 radical (unpaired) electrons. The topological polar surface area (TPSA) is 63.4 Å². The molecule has 3 rings (SSSR count). The predicted molar refractivity (Wildman–Crippen MR) is 126 cm³/mol. The maximum Gasteiger partial charge on any atom is 0.247 e. The van der Waals surface area contributed by atoms with E-state index in [1.165, 1.54) is 11.0 Å². The van der Waals surface area contributed by atoms with E-state index >= 15 is 0 Å². The van der Waals surface area contributed by atoms with E-state index in [2.05, 4.69) is 0 Å². The van der Waals surface area contributed by atoms with Crippen molar-refractivity contribution < 1.29 is 9.59 Å². The molecule has 3 aromatic carbocycles. The van der Waals surface area contributed by atoms with Gasteiger partial charge >= 0.3 is 0 Å². The highest BCUT2D eigenvalue weighted by Gasteiger charge is 2.28. The number of carbonyl (C=O) groups excluding carboxylic acids is 2. The van der Waals surface area contributed by atoms with E-state index in [0.717, 1.165) is 11.1 Å². The van der Waals surface area contributed by atoms with Crippen LogP contribution in [0.15, 0.2) is 84.9 Å². The zero-order valence-corrected chi connectivity index (χ0v) is 18.3. The number of primary amides is 1. The molecule has 0 saturated carbocycles. The van der Waals surface area contributed by atoms with Crippen LogP contribution in [0.1, 0.15) is 22.7 Å². The Bertz CT molecular complexity index is 1050. The molecule has 0 spiro atoms. The molecular formula is C25H22Cl2N2O2. The maximum atomic E-state index is 13.2. The molecule has 6 heteroatoms. The monoisotopic (exact) mass is 452 g/mol. The Morgan fingerprint density at radius 3 is 2.03 bits per heavy atom. The molecule has 1 atom stereocenters. The average molecular weight is 453 g/mol. The number of hydrogen-bond donors (Lipinski definition) is 1. The molecule has 3 aromatic rings. The predicted octanol–water partition coefficient (Wildman–Crippen LogP) is 5.30. The molecule has 31 heavy (non-hydrogen) atoms. The van der Waals surface area contributed by atoms with Gasteiger partial charge in [0.1, 0.15) is 6.04 Å². The van der Waals surface area contributed by atoms with Crippen molar-refractivity contribution in [1.82, 2.24) is 4.90 Å². The van der Waals surface area contributed by atoms with Crippen molar-refractivity contribution in [2.24, 2.45) is 5.73 Å². The molecule has 2 N–H and O–H groups in total. The highest BCUT2D eigenvalue weighted by atomic mass is 35.5. The molecule has 0 aliphatic heterocycles. The van der Waals surface area contributed by atoms with Gasteiger partial charge in [0.2, 0.25) is 11.8 Å². The molecule has 0 aromatic heterocycles. The summed E-state index contributed by atoms with van der Waals surface area (Å²) in [7, 11) is 0. The Kier molecular flexibility index (Phi) is 7.88. The summed E-state index contributed by atoms with van der Waals surface area (Å²) >= 11 is 12.0. The van der Waals surface area contributed by atoms with Gasteiger partial charge in [0.05, 0.1) is 0 Å². The third kappa shape index (κ3) is 6.45. The SMILES string of the molecule is NC(=O)[C@H](c1ccc(Cl)cc1)N(CCc1ccc(Cl)cc1)C(=O)C=Cc1ccccc1. The Morgan fingerprint density at radius 2 is 1.45 bits per heavy atom. The fourth-order valence-electron chi connectivity index (χ4n) is 3.24. The van der Waals surface area contributed by atoms with Crippen LogP contribution >= 0.6 is 23.2 Å². The number of rotatable bonds is 8. The van der Waals surface area contributed by atoms with Gasteiger partial charge in [0.25, 0.3) is 0 Å². The largest absolute Gasteiger partial charge is 0.368 e. The van der Waals surface area contributed by atoms with Crippen LogP contribution in [0.3, 0.4) is 0 Å². The lowest BCUT2D eigenvalue weighted by molar-refractivity contribution is -0.135. The van der Waals surface area contributed by atoms with Crippen molar-refractivity contribution in [3.05, 3.63) is 112 Å². The normalized spacial score (nSPS) is 11.9. The van der Waals surface area contributed by atoms with Gasteiger partial charge in [-0.15, -0.1) is 0 Å². The second-order valence-electron chi connectivity index (χ2n) is 7.01. The number of hydrogen-bond acceptors (Lipinski definition) is 2. The van der Waals surface area contributed by atoms with Gasteiger partial charge in [-0.2, -0.15) is 0 Å². The number of nitrogens with two attached hydrogens (primary N) is 1. The first-order valence-electron chi connectivity index (χ1n) is 9.77. The van der Waals surface area contributed by atoms with Gasteiger partial charge in [-0.1, -0.05) is 77.8 Å². The van der Waals surface area contributed by atoms with Crippen molar-refractivity contribution in [2.45, 2.75) is 12.5 Å². The molecule has 0 unspecified atom stereocenters. The van der Waals surface area contributed by atoms with Crippen molar-refractivity contribution in [2.75, 3.05) is 6.54 Å². The maximum absolute atomic E-state index is 13.2. The zero-order chi connectivity index (χ0) is 22.2. The summed E-state index contributed by atoms with van der Waals surface area (Å²) < 4.78 is 0. The molecule has 2 amide bonds. The first kappa shape index (κ1) is 22.6. The fourth-order valence-corrected chi connectivity index (χ4v) is 3.49. The Labute approximate surface area is 191 Å². The van der Waals surface area contributed by atoms with Crippen LogP contribution in [0.4, 0.5) is 0 Å². The fraction of sp³-hybridized carbons (Fsp3) is 0.120. The summed E-state index contributed by atoms with van der Waals surface area (Å²) in [5, 5.41) is 1.17. The molecule has 158 valence electrons. The van der Waals surface area contributed by atoms with E-state index in [1.54, 1.807) is 42.5 Å². The van der Waals surface area contributed by atoms with Crippen LogP contribution in [0.2, 0.25) is 10.0 Å². The second-order valence-corrected chi connectivity index (χ2v) is 7.88. The summed E-state index contributed by atoms with van der Waals surface area (Å²) in [6.45, 7) is 0.301. The third-order valence-electron chi connectivity index (χ3n) is 4.82. The van der Waals surface area contributed by atoms with E-state index < -0.39 is 11.9 Å². The highest BCUT2D eigenvalue weighted by molar-refractivity contribution is 6.30. The minimum Gasteiger partial charge on any atom is -0.368 e. The molecule has 0 saturated heterocycles. The Balaban J connectivity index is 1.89. The van der Waals surface area contributed by atoms with E-state index in [9.17, 15) is 9.59 Å². The van der Waals surface area contributed by atoms with Crippen LogP contribution in [-0.2, 0) is 16.0 Å². The van der Waals surface area contributed by atoms with Crippen LogP contribution in [-0.4, -0.2) is 23.3 Å². The smallest absolute Gasteiger partial charge is 0.247 e. The number of halogens is 2. The van der Waals surface area contributed by atoms with Gasteiger partial charge in [-0.05, 0) is 53.5 Å². The van der Waals surface area contributed by atoms with Crippen molar-refractivity contribution in [1.29, 1.82) is 0 Å². The third-order valence-corrected chi connectivity index (χ3v) is 5.33. The van der Waals surface area contributed by atoms with Crippen molar-refractivity contribution >= 4 is 41.1 Å². The quantitative estimate of drug-likeness (QED) is 0.470. The van der Waals surface area contributed by atoms with Crippen molar-refractivity contribution in [3.8, 4) is 0 Å². The van der Waals surface area contributed by atoms with Crippen LogP contribution < -0.4 is 5.73 Å². The van der Waals surface area contributed by atoms with E-state index in [0.29, 0.717) is 28.6 Å². The minimum atomic E-state index is -0.919. The van der Waals surface area contributed by atoms with Gasteiger partial charge in [0, 0.05) is 22.7 Å². The summed E-state index contributed by atoms with van der Waals surface area (Å²) in [6, 6.07) is 22.7. The van der Waals surface area contributed by atoms with Crippen molar-refractivity contribution in [3.63, 3.8) is 0 Å². The lowest BCUT2D eigenvalue weighted by Crippen LogP contribution is -2.42. The molecule has 0 aliphatic rings. The number of carbonyl (C=O) groups is 2. The second kappa shape index (κ2) is 10.8. The zero-order valence-electron chi connectivity index (χ0n) is 16.7. The lowest BCUT2D eigenvalue weighted by Gasteiger charge is -2.29. The van der Waals surface area contributed by atoms with E-state index in [-0.39, 0.29) is 5.91 Å². The molecule has 4 nitrogen and oxygen atoms in total. The van der Waals surface area contributed by atoms with Crippen LogP contribution in [0.25, 0.3) is 6.08 Å². The highest BCUT2D eigenvalue weighted by Crippen LogP contribution is 2.24.